The minimum absolute atomic E-state index is 0.235. The fraction of sp³-hybridized carbons (Fsp3) is 0.786. The Morgan fingerprint density at radius 1 is 1.33 bits per heavy atom. The van der Waals surface area contributed by atoms with Gasteiger partial charge in [-0.25, -0.2) is 4.98 Å². The van der Waals surface area contributed by atoms with Crippen molar-refractivity contribution < 1.29 is 5.11 Å². The number of aliphatic hydroxyl groups excluding tert-OH is 1. The zero-order valence-electron chi connectivity index (χ0n) is 11.2. The van der Waals surface area contributed by atoms with Gasteiger partial charge in [-0.2, -0.15) is 0 Å². The van der Waals surface area contributed by atoms with Gasteiger partial charge in [0.25, 0.3) is 0 Å². The molecule has 18 heavy (non-hydrogen) atoms. The van der Waals surface area contributed by atoms with E-state index in [0.717, 1.165) is 31.8 Å². The van der Waals surface area contributed by atoms with Crippen LogP contribution in [-0.2, 0) is 6.54 Å². The first-order valence-electron chi connectivity index (χ1n) is 7.25. The molecule has 1 N–H and O–H groups in total. The smallest absolute Gasteiger partial charge is 0.114 e. The average molecular weight is 249 g/mol. The lowest BCUT2D eigenvalue weighted by molar-refractivity contribution is 0.237. The number of aromatic nitrogens is 2. The molecule has 2 unspecified atom stereocenters. The van der Waals surface area contributed by atoms with Crippen molar-refractivity contribution in [3.05, 3.63) is 17.7 Å². The second kappa shape index (κ2) is 5.02. The van der Waals surface area contributed by atoms with Gasteiger partial charge in [-0.1, -0.05) is 6.92 Å². The Labute approximate surface area is 109 Å². The third-order valence-electron chi connectivity index (χ3n) is 4.47. The van der Waals surface area contributed by atoms with Crippen LogP contribution < -0.4 is 0 Å². The van der Waals surface area contributed by atoms with Crippen molar-refractivity contribution in [2.24, 2.45) is 0 Å². The quantitative estimate of drug-likeness (QED) is 0.889. The Hall–Kier alpha value is -0.870. The van der Waals surface area contributed by atoms with E-state index in [0.29, 0.717) is 6.04 Å². The highest BCUT2D eigenvalue weighted by Gasteiger charge is 2.29. The van der Waals surface area contributed by atoms with Crippen LogP contribution >= 0.6 is 0 Å². The monoisotopic (exact) mass is 249 g/mol. The van der Waals surface area contributed by atoms with Crippen LogP contribution in [0.25, 0.3) is 0 Å². The Balaban J connectivity index is 1.88. The lowest BCUT2D eigenvalue weighted by Gasteiger charge is -2.21. The molecule has 0 radical (unpaired) electrons. The normalized spacial score (nSPS) is 28.6. The highest BCUT2D eigenvalue weighted by atomic mass is 16.3. The number of aliphatic hydroxyl groups is 1. The molecule has 3 rings (SSSR count). The molecule has 0 amide bonds. The van der Waals surface area contributed by atoms with Gasteiger partial charge in [0, 0.05) is 18.7 Å². The fourth-order valence-electron chi connectivity index (χ4n) is 3.47. The minimum Gasteiger partial charge on any atom is -0.396 e. The SMILES string of the molecule is CCN1CCCC1c1cn2c(n1)C(CO)CCC2. The summed E-state index contributed by atoms with van der Waals surface area (Å²) in [7, 11) is 0. The number of hydrogen-bond donors (Lipinski definition) is 1. The zero-order chi connectivity index (χ0) is 12.5. The molecule has 4 nitrogen and oxygen atoms in total. The van der Waals surface area contributed by atoms with E-state index in [2.05, 4.69) is 22.6 Å². The van der Waals surface area contributed by atoms with Crippen LogP contribution in [0.1, 0.15) is 56.1 Å². The van der Waals surface area contributed by atoms with E-state index >= 15 is 0 Å². The van der Waals surface area contributed by atoms with Crippen molar-refractivity contribution in [2.75, 3.05) is 19.7 Å². The largest absolute Gasteiger partial charge is 0.396 e. The van der Waals surface area contributed by atoms with Gasteiger partial charge in [-0.15, -0.1) is 0 Å². The maximum absolute atomic E-state index is 9.45. The van der Waals surface area contributed by atoms with E-state index in [4.69, 9.17) is 4.98 Å². The summed E-state index contributed by atoms with van der Waals surface area (Å²) < 4.78 is 2.27. The van der Waals surface area contributed by atoms with E-state index in [1.807, 2.05) is 0 Å². The Bertz CT molecular complexity index is 415. The number of imidazole rings is 1. The third kappa shape index (κ3) is 1.97. The topological polar surface area (TPSA) is 41.3 Å². The molecular weight excluding hydrogens is 226 g/mol. The Morgan fingerprint density at radius 2 is 2.17 bits per heavy atom. The van der Waals surface area contributed by atoms with Crippen LogP contribution in [0.5, 0.6) is 0 Å². The molecular formula is C14H23N3O. The van der Waals surface area contributed by atoms with Gasteiger partial charge >= 0.3 is 0 Å². The summed E-state index contributed by atoms with van der Waals surface area (Å²) in [6.07, 6.45) is 6.99. The summed E-state index contributed by atoms with van der Waals surface area (Å²) in [5.74, 6) is 1.37. The first-order valence-corrected chi connectivity index (χ1v) is 7.25. The van der Waals surface area contributed by atoms with E-state index in [-0.39, 0.29) is 12.5 Å². The summed E-state index contributed by atoms with van der Waals surface area (Å²) in [4.78, 5) is 7.36. The molecule has 2 aliphatic rings. The lowest BCUT2D eigenvalue weighted by Crippen LogP contribution is -2.22. The summed E-state index contributed by atoms with van der Waals surface area (Å²) in [6.45, 7) is 5.84. The molecule has 2 atom stereocenters. The summed E-state index contributed by atoms with van der Waals surface area (Å²) >= 11 is 0. The van der Waals surface area contributed by atoms with Gasteiger partial charge in [-0.05, 0) is 38.8 Å². The second-order valence-electron chi connectivity index (χ2n) is 5.53. The summed E-state index contributed by atoms with van der Waals surface area (Å²) in [5, 5.41) is 9.45. The number of hydrogen-bond acceptors (Lipinski definition) is 3. The van der Waals surface area contributed by atoms with Crippen LogP contribution in [0.15, 0.2) is 6.20 Å². The van der Waals surface area contributed by atoms with Crippen LogP contribution in [-0.4, -0.2) is 39.3 Å². The highest BCUT2D eigenvalue weighted by Crippen LogP contribution is 2.34. The molecule has 0 spiro atoms. The van der Waals surface area contributed by atoms with E-state index < -0.39 is 0 Å². The van der Waals surface area contributed by atoms with Crippen molar-refractivity contribution in [1.29, 1.82) is 0 Å². The van der Waals surface area contributed by atoms with Crippen LogP contribution in [0, 0.1) is 0 Å². The average Bonchev–Trinajstić information content (AvgIpc) is 3.03. The van der Waals surface area contributed by atoms with Gasteiger partial charge in [0.1, 0.15) is 5.82 Å². The van der Waals surface area contributed by atoms with Crippen molar-refractivity contribution >= 4 is 0 Å². The van der Waals surface area contributed by atoms with Crippen molar-refractivity contribution in [2.45, 2.75) is 51.1 Å². The molecule has 1 saturated heterocycles. The van der Waals surface area contributed by atoms with Gasteiger partial charge in [0.2, 0.25) is 0 Å². The Kier molecular flexibility index (Phi) is 3.39. The second-order valence-corrected chi connectivity index (χ2v) is 5.53. The number of nitrogens with zero attached hydrogens (tertiary/aromatic N) is 3. The van der Waals surface area contributed by atoms with Crippen molar-refractivity contribution in [3.8, 4) is 0 Å². The molecule has 100 valence electrons. The Morgan fingerprint density at radius 3 is 2.94 bits per heavy atom. The van der Waals surface area contributed by atoms with E-state index in [9.17, 15) is 5.11 Å². The van der Waals surface area contributed by atoms with Crippen LogP contribution in [0.2, 0.25) is 0 Å². The number of fused-ring (bicyclic) bond motifs is 1. The highest BCUT2D eigenvalue weighted by molar-refractivity contribution is 5.15. The summed E-state index contributed by atoms with van der Waals surface area (Å²) in [6, 6.07) is 0.507. The van der Waals surface area contributed by atoms with E-state index in [1.54, 1.807) is 0 Å². The van der Waals surface area contributed by atoms with Gasteiger partial charge < -0.3 is 9.67 Å². The minimum atomic E-state index is 0.235. The number of aryl methyl sites for hydroxylation is 1. The first-order chi connectivity index (χ1) is 8.83. The number of likely N-dealkylation sites (tertiary alicyclic amines) is 1. The predicted octanol–water partition coefficient (Wildman–Crippen LogP) is 1.91. The van der Waals surface area contributed by atoms with Crippen molar-refractivity contribution in [3.63, 3.8) is 0 Å². The third-order valence-corrected chi connectivity index (χ3v) is 4.47. The maximum Gasteiger partial charge on any atom is 0.114 e. The molecule has 4 heteroatoms. The number of rotatable bonds is 3. The molecule has 0 saturated carbocycles. The zero-order valence-corrected chi connectivity index (χ0v) is 11.2. The van der Waals surface area contributed by atoms with Crippen LogP contribution in [0.3, 0.4) is 0 Å². The molecule has 1 fully saturated rings. The van der Waals surface area contributed by atoms with Gasteiger partial charge in [-0.3, -0.25) is 4.90 Å². The maximum atomic E-state index is 9.45. The fourth-order valence-corrected chi connectivity index (χ4v) is 3.47. The molecule has 0 bridgehead atoms. The van der Waals surface area contributed by atoms with Crippen molar-refractivity contribution in [1.82, 2.24) is 14.5 Å². The lowest BCUT2D eigenvalue weighted by atomic mass is 10.0. The molecule has 1 aromatic rings. The molecule has 2 aliphatic heterocycles. The van der Waals surface area contributed by atoms with E-state index in [1.165, 1.54) is 25.1 Å². The first kappa shape index (κ1) is 12.2. The van der Waals surface area contributed by atoms with Gasteiger partial charge in [0.15, 0.2) is 0 Å². The van der Waals surface area contributed by atoms with Gasteiger partial charge in [0.05, 0.1) is 18.3 Å². The molecule has 0 aromatic carbocycles. The predicted molar refractivity (Wildman–Crippen MR) is 70.5 cm³/mol. The molecule has 0 aliphatic carbocycles. The molecule has 1 aromatic heterocycles. The standard InChI is InChI=1S/C14H23N3O/c1-2-16-7-4-6-13(16)12-9-17-8-3-5-11(10-18)14(17)15-12/h9,11,13,18H,2-8,10H2,1H3. The summed E-state index contributed by atoms with van der Waals surface area (Å²) in [5.41, 5.74) is 1.23. The van der Waals surface area contributed by atoms with Crippen LogP contribution in [0.4, 0.5) is 0 Å². The molecule has 3 heterocycles.